The molecule has 1 heterocycles. The minimum Gasteiger partial charge on any atom is -0.481 e. The largest absolute Gasteiger partial charge is 0.481 e. The summed E-state index contributed by atoms with van der Waals surface area (Å²) in [5, 5.41) is 36.0. The van der Waals surface area contributed by atoms with Gasteiger partial charge in [-0.05, 0) is 99.6 Å². The Hall–Kier alpha value is -4.28. The Morgan fingerprint density at radius 3 is 2.32 bits per heavy atom. The zero-order chi connectivity index (χ0) is 41.1. The van der Waals surface area contributed by atoms with Crippen molar-refractivity contribution in [3.63, 3.8) is 0 Å². The summed E-state index contributed by atoms with van der Waals surface area (Å²) in [4.78, 5) is 63.0. The molecule has 15 heteroatoms. The van der Waals surface area contributed by atoms with E-state index in [0.717, 1.165) is 15.9 Å². The third-order valence-electron chi connectivity index (χ3n) is 13.0. The van der Waals surface area contributed by atoms with E-state index in [1.54, 1.807) is 31.2 Å². The number of allylic oxidation sites excluding steroid dienone is 4. The molecule has 2 aromatic rings. The zero-order valence-electron chi connectivity index (χ0n) is 31.7. The third kappa shape index (κ3) is 6.74. The number of hydrogen-bond acceptors (Lipinski definition) is 10. The zero-order valence-corrected chi connectivity index (χ0v) is 32.5. The van der Waals surface area contributed by atoms with Crippen LogP contribution in [0.3, 0.4) is 0 Å². The van der Waals surface area contributed by atoms with Gasteiger partial charge in [0.15, 0.2) is 29.1 Å². The van der Waals surface area contributed by atoms with E-state index in [0.29, 0.717) is 11.3 Å². The highest BCUT2D eigenvalue weighted by atomic mass is 32.2. The average molecular weight is 809 g/mol. The molecule has 5 N–H and O–H groups in total. The summed E-state index contributed by atoms with van der Waals surface area (Å²) in [6.07, 6.45) is -1.82. The van der Waals surface area contributed by atoms with Crippen molar-refractivity contribution in [3.05, 3.63) is 77.9 Å². The summed E-state index contributed by atoms with van der Waals surface area (Å²) in [5.74, 6) is -4.62. The van der Waals surface area contributed by atoms with E-state index in [-0.39, 0.29) is 44.1 Å². The molecule has 1 aliphatic heterocycles. The lowest BCUT2D eigenvalue weighted by atomic mass is 9.44. The first kappa shape index (κ1) is 40.9. The van der Waals surface area contributed by atoms with Gasteiger partial charge in [-0.3, -0.25) is 24.0 Å². The van der Waals surface area contributed by atoms with Crippen LogP contribution in [0.25, 0.3) is 0 Å². The number of carboxylic acid groups (broad SMARTS) is 1. The molecular formula is C42H46F2N2O10S. The summed E-state index contributed by atoms with van der Waals surface area (Å²) < 4.78 is 46.6. The fourth-order valence-corrected chi connectivity index (χ4v) is 11.0. The van der Waals surface area contributed by atoms with Gasteiger partial charge in [0.2, 0.25) is 11.8 Å². The number of alkyl halides is 2. The van der Waals surface area contributed by atoms with Gasteiger partial charge >= 0.3 is 5.97 Å². The van der Waals surface area contributed by atoms with Gasteiger partial charge in [-0.15, -0.1) is 0 Å². The van der Waals surface area contributed by atoms with E-state index in [4.69, 9.17) is 14.6 Å². The first-order valence-corrected chi connectivity index (χ1v) is 19.9. The van der Waals surface area contributed by atoms with E-state index >= 15 is 8.78 Å². The number of ether oxygens (including phenoxy) is 2. The summed E-state index contributed by atoms with van der Waals surface area (Å²) >= 11 is 1.45. The third-order valence-corrected chi connectivity index (χ3v) is 14.0. The van der Waals surface area contributed by atoms with Crippen LogP contribution in [0.15, 0.2) is 82.1 Å². The normalized spacial score (nSPS) is 35.6. The van der Waals surface area contributed by atoms with Crippen molar-refractivity contribution < 1.29 is 57.5 Å². The molecule has 3 saturated carbocycles. The monoisotopic (exact) mass is 808 g/mol. The van der Waals surface area contributed by atoms with Crippen molar-refractivity contribution in [1.82, 2.24) is 5.32 Å². The highest BCUT2D eigenvalue weighted by Crippen LogP contribution is 2.72. The Kier molecular flexibility index (Phi) is 10.9. The van der Waals surface area contributed by atoms with E-state index in [2.05, 4.69) is 10.6 Å². The number of Topliss-reactive ketones (excluding diaryl/α,β-unsaturated/α-hetero) is 1. The predicted octanol–water partition coefficient (Wildman–Crippen LogP) is 5.18. The Balaban J connectivity index is 1.02. The first-order valence-electron chi connectivity index (χ1n) is 19.1. The summed E-state index contributed by atoms with van der Waals surface area (Å²) in [6, 6.07) is 13.5. The summed E-state index contributed by atoms with van der Waals surface area (Å²) in [6.45, 7) is 3.92. The van der Waals surface area contributed by atoms with Gasteiger partial charge in [-0.1, -0.05) is 36.9 Å². The average Bonchev–Trinajstić information content (AvgIpc) is 3.67. The second-order valence-electron chi connectivity index (χ2n) is 16.2. The molecule has 1 saturated heterocycles. The van der Waals surface area contributed by atoms with Crippen molar-refractivity contribution >= 4 is 46.8 Å². The van der Waals surface area contributed by atoms with E-state index in [1.807, 2.05) is 24.3 Å². The number of benzene rings is 2. The number of carboxylic acids is 1. The van der Waals surface area contributed by atoms with Crippen molar-refractivity contribution in [2.45, 2.75) is 111 Å². The Morgan fingerprint density at radius 1 is 1.00 bits per heavy atom. The van der Waals surface area contributed by atoms with Gasteiger partial charge < -0.3 is 35.4 Å². The Bertz CT molecular complexity index is 2030. The molecule has 2 aromatic carbocycles. The van der Waals surface area contributed by atoms with Crippen LogP contribution in [0.5, 0.6) is 0 Å². The number of fused-ring (bicyclic) bond motifs is 7. The molecule has 7 rings (SSSR count). The maximum absolute atomic E-state index is 17.7. The van der Waals surface area contributed by atoms with Crippen molar-refractivity contribution in [2.75, 3.05) is 11.9 Å². The van der Waals surface area contributed by atoms with Gasteiger partial charge in [0, 0.05) is 50.6 Å². The first-order chi connectivity index (χ1) is 27.0. The molecule has 4 fully saturated rings. The molecule has 2 amide bonds. The molecule has 0 spiro atoms. The lowest BCUT2D eigenvalue weighted by Crippen LogP contribution is -2.70. The quantitative estimate of drug-likeness (QED) is 0.190. The van der Waals surface area contributed by atoms with E-state index in [9.17, 15) is 34.2 Å². The SMILES string of the molecule is C[C@H](NC(=O)CCCC(=O)O)C(=O)Nc1ccc(Sc2ccc([C@@H]3O[C@@H]4C[C@H]5[C@@H]6C[C@H](F)C7=CC(=O)C=C[C@]7(C)[C@@]6(F)[C@@H](O)C[C@]5(C)[C@]4(C(=O)CO)O3)cc2)cc1. The van der Waals surface area contributed by atoms with Crippen molar-refractivity contribution in [1.29, 1.82) is 0 Å². The van der Waals surface area contributed by atoms with Crippen LogP contribution in [-0.4, -0.2) is 87.0 Å². The van der Waals surface area contributed by atoms with Crippen LogP contribution in [0, 0.1) is 22.7 Å². The lowest BCUT2D eigenvalue weighted by Gasteiger charge is -2.63. The maximum Gasteiger partial charge on any atom is 0.303 e. The number of halogens is 2. The number of ketones is 2. The predicted molar refractivity (Wildman–Crippen MR) is 202 cm³/mol. The van der Waals surface area contributed by atoms with Crippen LogP contribution in [0.4, 0.5) is 14.5 Å². The molecule has 4 aliphatic carbocycles. The van der Waals surface area contributed by atoms with Crippen LogP contribution < -0.4 is 10.6 Å². The molecule has 11 atom stereocenters. The number of aliphatic hydroxyl groups is 2. The summed E-state index contributed by atoms with van der Waals surface area (Å²) in [5.41, 5.74) is -5.76. The van der Waals surface area contributed by atoms with Crippen LogP contribution in [0.2, 0.25) is 0 Å². The topological polar surface area (TPSA) is 189 Å². The highest BCUT2D eigenvalue weighted by molar-refractivity contribution is 7.99. The smallest absolute Gasteiger partial charge is 0.303 e. The molecular weight excluding hydrogens is 763 g/mol. The van der Waals surface area contributed by atoms with Gasteiger partial charge in [-0.2, -0.15) is 0 Å². The number of carbonyl (C=O) groups is 5. The molecule has 0 radical (unpaired) electrons. The Labute approximate surface area is 332 Å². The number of anilines is 1. The number of aliphatic carboxylic acids is 1. The van der Waals surface area contributed by atoms with Gasteiger partial charge in [0.25, 0.3) is 0 Å². The number of hydrogen-bond donors (Lipinski definition) is 5. The Morgan fingerprint density at radius 2 is 1.67 bits per heavy atom. The molecule has 5 aliphatic rings. The number of carbonyl (C=O) groups excluding carboxylic acids is 4. The van der Waals surface area contributed by atoms with Crippen LogP contribution in [-0.2, 0) is 33.4 Å². The number of amides is 2. The van der Waals surface area contributed by atoms with Crippen molar-refractivity contribution in [3.8, 4) is 0 Å². The number of aliphatic hydroxyl groups excluding tert-OH is 2. The van der Waals surface area contributed by atoms with Gasteiger partial charge in [0.05, 0.1) is 12.2 Å². The van der Waals surface area contributed by atoms with Crippen LogP contribution >= 0.6 is 11.8 Å². The van der Waals surface area contributed by atoms with E-state index in [1.165, 1.54) is 37.8 Å². The molecule has 304 valence electrons. The fraction of sp³-hybridized carbons (Fsp3) is 0.500. The highest BCUT2D eigenvalue weighted by Gasteiger charge is 2.80. The molecule has 57 heavy (non-hydrogen) atoms. The molecule has 0 aromatic heterocycles. The minimum absolute atomic E-state index is 0.00149. The number of nitrogens with one attached hydrogen (secondary N) is 2. The second-order valence-corrected chi connectivity index (χ2v) is 17.4. The lowest BCUT2D eigenvalue weighted by molar-refractivity contribution is -0.235. The second kappa shape index (κ2) is 15.1. The summed E-state index contributed by atoms with van der Waals surface area (Å²) in [7, 11) is 0. The van der Waals surface area contributed by atoms with Crippen molar-refractivity contribution in [2.24, 2.45) is 22.7 Å². The fourth-order valence-electron chi connectivity index (χ4n) is 10.2. The maximum atomic E-state index is 17.7. The molecule has 0 bridgehead atoms. The molecule has 12 nitrogen and oxygen atoms in total. The molecule has 0 unspecified atom stereocenters. The number of rotatable bonds is 12. The minimum atomic E-state index is -2.34. The standard InChI is InChI=1S/C42H46F2N2O10S/c1-22(45-35(51)5-4-6-36(52)53)37(54)46-24-9-13-27(14-10-24)57-26-11-7-23(8-12-26)38-55-34-19-28-29-18-31(43)30-17-25(48)15-16-39(30,2)41(29,44)32(49)20-40(28,3)42(34,56-38)33(50)21-47/h7-17,22,28-29,31-32,34,38,47,49H,4-6,18-21H2,1-3H3,(H,45,51)(H,46,54)(H,52,53)/t22-,28-,29-,31-,32-,34+,38+,39-,40-,41-,42+/m0/s1. The van der Waals surface area contributed by atoms with E-state index < -0.39 is 101 Å². The van der Waals surface area contributed by atoms with Crippen LogP contribution in [0.1, 0.15) is 71.1 Å². The van der Waals surface area contributed by atoms with Gasteiger partial charge in [0.1, 0.15) is 18.8 Å². The van der Waals surface area contributed by atoms with Gasteiger partial charge in [-0.25, -0.2) is 8.78 Å².